The summed E-state index contributed by atoms with van der Waals surface area (Å²) in [5, 5.41) is 2.74. The SMILES string of the molecule is CCNC(=O)C(C)N(Cc1ccc(OC)cc1)C(=O)CN(c1cccc(OC)c1)S(=O)(=O)c1ccc(C)cc1. The van der Waals surface area contributed by atoms with Gasteiger partial charge in [0.1, 0.15) is 24.1 Å². The number of likely N-dealkylation sites (N-methyl/N-ethyl adjacent to an activating group) is 1. The summed E-state index contributed by atoms with van der Waals surface area (Å²) in [6.07, 6.45) is 0. The predicted molar refractivity (Wildman–Crippen MR) is 150 cm³/mol. The Morgan fingerprint density at radius 1 is 0.923 bits per heavy atom. The number of nitrogens with one attached hydrogen (secondary N) is 1. The van der Waals surface area contributed by atoms with E-state index in [0.717, 1.165) is 15.4 Å². The summed E-state index contributed by atoms with van der Waals surface area (Å²) in [4.78, 5) is 28.1. The zero-order valence-corrected chi connectivity index (χ0v) is 23.7. The van der Waals surface area contributed by atoms with Crippen LogP contribution < -0.4 is 19.1 Å². The van der Waals surface area contributed by atoms with E-state index in [1.807, 2.05) is 6.92 Å². The van der Waals surface area contributed by atoms with Crippen molar-refractivity contribution < 1.29 is 27.5 Å². The topological polar surface area (TPSA) is 105 Å². The van der Waals surface area contributed by atoms with Crippen molar-refractivity contribution in [3.8, 4) is 11.5 Å². The predicted octanol–water partition coefficient (Wildman–Crippen LogP) is 3.76. The minimum atomic E-state index is -4.15. The number of benzene rings is 3. The fraction of sp³-hybridized carbons (Fsp3) is 0.310. The first-order valence-corrected chi connectivity index (χ1v) is 14.0. The molecule has 1 unspecified atom stereocenters. The molecule has 0 aliphatic rings. The van der Waals surface area contributed by atoms with Crippen molar-refractivity contribution in [1.29, 1.82) is 0 Å². The number of nitrogens with zero attached hydrogens (tertiary/aromatic N) is 2. The first kappa shape index (κ1) is 29.5. The molecule has 9 nitrogen and oxygen atoms in total. The van der Waals surface area contributed by atoms with Gasteiger partial charge in [-0.3, -0.25) is 13.9 Å². The Morgan fingerprint density at radius 2 is 1.56 bits per heavy atom. The van der Waals surface area contributed by atoms with Gasteiger partial charge in [-0.15, -0.1) is 0 Å². The van der Waals surface area contributed by atoms with Crippen molar-refractivity contribution in [2.24, 2.45) is 0 Å². The highest BCUT2D eigenvalue weighted by Gasteiger charge is 2.32. The number of amides is 2. The van der Waals surface area contributed by atoms with Gasteiger partial charge in [-0.1, -0.05) is 35.9 Å². The Balaban J connectivity index is 2.03. The van der Waals surface area contributed by atoms with Crippen LogP contribution in [0.1, 0.15) is 25.0 Å². The number of carbonyl (C=O) groups excluding carboxylic acids is 2. The van der Waals surface area contributed by atoms with Crippen molar-refractivity contribution in [3.05, 3.63) is 83.9 Å². The molecule has 0 radical (unpaired) electrons. The van der Waals surface area contributed by atoms with Gasteiger partial charge < -0.3 is 19.7 Å². The van der Waals surface area contributed by atoms with Crippen molar-refractivity contribution in [2.45, 2.75) is 38.3 Å². The summed E-state index contributed by atoms with van der Waals surface area (Å²) in [6, 6.07) is 19.2. The number of hydrogen-bond acceptors (Lipinski definition) is 6. The minimum Gasteiger partial charge on any atom is -0.497 e. The van der Waals surface area contributed by atoms with Gasteiger partial charge in [0.15, 0.2) is 0 Å². The molecule has 3 rings (SSSR count). The van der Waals surface area contributed by atoms with Crippen LogP contribution in [-0.2, 0) is 26.2 Å². The Labute approximate surface area is 230 Å². The average Bonchev–Trinajstić information content (AvgIpc) is 2.94. The molecule has 3 aromatic rings. The molecule has 1 atom stereocenters. The van der Waals surface area contributed by atoms with Crippen LogP contribution in [0.4, 0.5) is 5.69 Å². The first-order valence-electron chi connectivity index (χ1n) is 12.5. The van der Waals surface area contributed by atoms with Gasteiger partial charge in [-0.2, -0.15) is 0 Å². The standard InChI is InChI=1S/C29H35N3O6S/c1-6-30-29(34)22(3)31(19-23-12-14-25(37-4)15-13-23)28(33)20-32(24-8-7-9-26(18-24)38-5)39(35,36)27-16-10-21(2)11-17-27/h7-18,22H,6,19-20H2,1-5H3,(H,30,34). The summed E-state index contributed by atoms with van der Waals surface area (Å²) < 4.78 is 39.3. The monoisotopic (exact) mass is 553 g/mol. The summed E-state index contributed by atoms with van der Waals surface area (Å²) >= 11 is 0. The van der Waals surface area contributed by atoms with Gasteiger partial charge >= 0.3 is 0 Å². The molecule has 39 heavy (non-hydrogen) atoms. The largest absolute Gasteiger partial charge is 0.497 e. The van der Waals surface area contributed by atoms with Gasteiger partial charge in [0.05, 0.1) is 24.8 Å². The normalized spacial score (nSPS) is 11.8. The van der Waals surface area contributed by atoms with E-state index in [4.69, 9.17) is 9.47 Å². The minimum absolute atomic E-state index is 0.0437. The zero-order valence-electron chi connectivity index (χ0n) is 22.9. The lowest BCUT2D eigenvalue weighted by atomic mass is 10.1. The lowest BCUT2D eigenvalue weighted by molar-refractivity contribution is -0.139. The van der Waals surface area contributed by atoms with E-state index < -0.39 is 28.5 Å². The van der Waals surface area contributed by atoms with E-state index >= 15 is 0 Å². The Bertz CT molecular complexity index is 1370. The van der Waals surface area contributed by atoms with Crippen LogP contribution in [0.15, 0.2) is 77.7 Å². The molecular weight excluding hydrogens is 518 g/mol. The van der Waals surface area contributed by atoms with Crippen LogP contribution in [0.5, 0.6) is 11.5 Å². The highest BCUT2D eigenvalue weighted by molar-refractivity contribution is 7.92. The lowest BCUT2D eigenvalue weighted by Crippen LogP contribution is -2.51. The number of carbonyl (C=O) groups is 2. The zero-order chi connectivity index (χ0) is 28.6. The van der Waals surface area contributed by atoms with Crippen LogP contribution in [0.2, 0.25) is 0 Å². The molecule has 0 aromatic heterocycles. The van der Waals surface area contributed by atoms with E-state index in [0.29, 0.717) is 18.0 Å². The highest BCUT2D eigenvalue weighted by atomic mass is 32.2. The first-order chi connectivity index (χ1) is 18.6. The van der Waals surface area contributed by atoms with Crippen LogP contribution in [0.25, 0.3) is 0 Å². The van der Waals surface area contributed by atoms with E-state index in [9.17, 15) is 18.0 Å². The van der Waals surface area contributed by atoms with Crippen molar-refractivity contribution in [2.75, 3.05) is 31.6 Å². The summed E-state index contributed by atoms with van der Waals surface area (Å²) in [5.74, 6) is 0.216. The van der Waals surface area contributed by atoms with Crippen LogP contribution in [0, 0.1) is 6.92 Å². The number of aryl methyl sites for hydroxylation is 1. The third-order valence-corrected chi connectivity index (χ3v) is 8.05. The molecular formula is C29H35N3O6S. The molecule has 10 heteroatoms. The molecule has 1 N–H and O–H groups in total. The molecule has 0 bridgehead atoms. The summed E-state index contributed by atoms with van der Waals surface area (Å²) in [6.45, 7) is 5.24. The average molecular weight is 554 g/mol. The molecule has 0 saturated heterocycles. The fourth-order valence-corrected chi connectivity index (χ4v) is 5.37. The molecule has 0 aliphatic carbocycles. The second-order valence-corrected chi connectivity index (χ2v) is 10.8. The molecule has 0 aliphatic heterocycles. The van der Waals surface area contributed by atoms with E-state index in [1.165, 1.54) is 24.1 Å². The van der Waals surface area contributed by atoms with E-state index in [-0.39, 0.29) is 23.0 Å². The number of ether oxygens (including phenoxy) is 2. The van der Waals surface area contributed by atoms with Gasteiger partial charge in [-0.25, -0.2) is 8.42 Å². The van der Waals surface area contributed by atoms with Crippen LogP contribution in [-0.4, -0.2) is 58.5 Å². The second-order valence-electron chi connectivity index (χ2n) is 8.97. The lowest BCUT2D eigenvalue weighted by Gasteiger charge is -2.32. The third-order valence-electron chi connectivity index (χ3n) is 6.26. The molecule has 208 valence electrons. The molecule has 0 heterocycles. The molecule has 0 spiro atoms. The molecule has 0 saturated carbocycles. The molecule has 0 fully saturated rings. The maximum atomic E-state index is 13.9. The molecule has 3 aromatic carbocycles. The number of hydrogen-bond donors (Lipinski definition) is 1. The van der Waals surface area contributed by atoms with E-state index in [2.05, 4.69) is 5.32 Å². The number of methoxy groups -OCH3 is 2. The maximum absolute atomic E-state index is 13.9. The number of sulfonamides is 1. The summed E-state index contributed by atoms with van der Waals surface area (Å²) in [7, 11) is -1.11. The van der Waals surface area contributed by atoms with Crippen LogP contribution >= 0.6 is 0 Å². The maximum Gasteiger partial charge on any atom is 0.264 e. The van der Waals surface area contributed by atoms with Gasteiger partial charge in [0.25, 0.3) is 10.0 Å². The number of rotatable bonds is 12. The highest BCUT2D eigenvalue weighted by Crippen LogP contribution is 2.28. The van der Waals surface area contributed by atoms with Crippen molar-refractivity contribution in [3.63, 3.8) is 0 Å². The van der Waals surface area contributed by atoms with Gasteiger partial charge in [0.2, 0.25) is 11.8 Å². The van der Waals surface area contributed by atoms with Crippen molar-refractivity contribution in [1.82, 2.24) is 10.2 Å². The molecule has 2 amide bonds. The second kappa shape index (κ2) is 13.1. The van der Waals surface area contributed by atoms with Crippen LogP contribution in [0.3, 0.4) is 0 Å². The smallest absolute Gasteiger partial charge is 0.264 e. The van der Waals surface area contributed by atoms with Gasteiger partial charge in [-0.05, 0) is 62.7 Å². The fourth-order valence-electron chi connectivity index (χ4n) is 3.96. The third kappa shape index (κ3) is 7.29. The Kier molecular flexibility index (Phi) is 9.95. The van der Waals surface area contributed by atoms with E-state index in [1.54, 1.807) is 81.6 Å². The van der Waals surface area contributed by atoms with Gasteiger partial charge in [0, 0.05) is 19.2 Å². The quantitative estimate of drug-likeness (QED) is 0.366. The summed E-state index contributed by atoms with van der Waals surface area (Å²) in [5.41, 5.74) is 1.92. The Hall–Kier alpha value is -4.05. The number of anilines is 1. The van der Waals surface area contributed by atoms with Crippen molar-refractivity contribution >= 4 is 27.5 Å². The Morgan fingerprint density at radius 3 is 2.15 bits per heavy atom.